The lowest BCUT2D eigenvalue weighted by atomic mass is 10.1. The summed E-state index contributed by atoms with van der Waals surface area (Å²) in [7, 11) is 0. The van der Waals surface area contributed by atoms with Gasteiger partial charge in [-0.25, -0.2) is 0 Å². The van der Waals surface area contributed by atoms with Gasteiger partial charge in [0.25, 0.3) is 5.89 Å². The Morgan fingerprint density at radius 3 is 2.80 bits per heavy atom. The number of phenols is 1. The maximum absolute atomic E-state index is 9.84. The molecule has 0 aliphatic carbocycles. The standard InChI is InChI=1S/C14H10ClN3O2/c1-8-2-5-12(19)10(6-8)14-17-13(18-20-14)11-4-3-9(15)7-16-11/h2-7,19H,1H3. The topological polar surface area (TPSA) is 72.0 Å². The number of pyridine rings is 1. The summed E-state index contributed by atoms with van der Waals surface area (Å²) in [4.78, 5) is 8.36. The second-order valence-electron chi connectivity index (χ2n) is 4.31. The minimum Gasteiger partial charge on any atom is -0.507 e. The summed E-state index contributed by atoms with van der Waals surface area (Å²) in [6, 6.07) is 8.57. The van der Waals surface area contributed by atoms with E-state index in [1.165, 1.54) is 6.20 Å². The Labute approximate surface area is 119 Å². The zero-order chi connectivity index (χ0) is 14.1. The van der Waals surface area contributed by atoms with Gasteiger partial charge in [-0.3, -0.25) is 4.98 Å². The van der Waals surface area contributed by atoms with E-state index in [0.29, 0.717) is 22.1 Å². The second kappa shape index (κ2) is 4.94. The Balaban J connectivity index is 2.01. The van der Waals surface area contributed by atoms with E-state index < -0.39 is 0 Å². The van der Waals surface area contributed by atoms with Crippen LogP contribution in [-0.4, -0.2) is 20.2 Å². The van der Waals surface area contributed by atoms with Crippen LogP contribution in [0.3, 0.4) is 0 Å². The fourth-order valence-corrected chi connectivity index (χ4v) is 1.88. The third kappa shape index (κ3) is 2.35. The largest absolute Gasteiger partial charge is 0.507 e. The number of halogens is 1. The zero-order valence-electron chi connectivity index (χ0n) is 10.5. The van der Waals surface area contributed by atoms with E-state index in [9.17, 15) is 5.11 Å². The van der Waals surface area contributed by atoms with Gasteiger partial charge in [0.15, 0.2) is 0 Å². The molecule has 0 atom stereocenters. The molecule has 0 aliphatic heterocycles. The number of hydrogen-bond donors (Lipinski definition) is 1. The van der Waals surface area contributed by atoms with Gasteiger partial charge in [-0.1, -0.05) is 28.4 Å². The molecular weight excluding hydrogens is 278 g/mol. The van der Waals surface area contributed by atoms with E-state index in [0.717, 1.165) is 5.56 Å². The zero-order valence-corrected chi connectivity index (χ0v) is 11.3. The predicted molar refractivity (Wildman–Crippen MR) is 74.4 cm³/mol. The summed E-state index contributed by atoms with van der Waals surface area (Å²) in [5.41, 5.74) is 2.04. The van der Waals surface area contributed by atoms with Crippen LogP contribution in [0.25, 0.3) is 23.0 Å². The van der Waals surface area contributed by atoms with Gasteiger partial charge in [-0.05, 0) is 31.2 Å². The van der Waals surface area contributed by atoms with Crippen molar-refractivity contribution in [3.05, 3.63) is 47.1 Å². The summed E-state index contributed by atoms with van der Waals surface area (Å²) in [6.45, 7) is 1.92. The molecule has 3 rings (SSSR count). The van der Waals surface area contributed by atoms with Crippen molar-refractivity contribution in [2.24, 2.45) is 0 Å². The number of rotatable bonds is 2. The van der Waals surface area contributed by atoms with Crippen LogP contribution in [0.5, 0.6) is 5.75 Å². The fourth-order valence-electron chi connectivity index (χ4n) is 1.77. The number of aryl methyl sites for hydroxylation is 1. The van der Waals surface area contributed by atoms with Crippen LogP contribution in [0.2, 0.25) is 5.02 Å². The monoisotopic (exact) mass is 287 g/mol. The molecule has 100 valence electrons. The van der Waals surface area contributed by atoms with Crippen LogP contribution in [0.4, 0.5) is 0 Å². The molecule has 0 bridgehead atoms. The normalized spacial score (nSPS) is 10.7. The maximum Gasteiger partial charge on any atom is 0.262 e. The molecule has 6 heteroatoms. The van der Waals surface area contributed by atoms with Crippen molar-refractivity contribution in [2.75, 3.05) is 0 Å². The van der Waals surface area contributed by atoms with Crippen LogP contribution < -0.4 is 0 Å². The molecule has 0 radical (unpaired) electrons. The van der Waals surface area contributed by atoms with Crippen LogP contribution >= 0.6 is 11.6 Å². The highest BCUT2D eigenvalue weighted by atomic mass is 35.5. The SMILES string of the molecule is Cc1ccc(O)c(-c2nc(-c3ccc(Cl)cn3)no2)c1. The number of aromatic nitrogens is 3. The predicted octanol–water partition coefficient (Wildman–Crippen LogP) is 3.47. The second-order valence-corrected chi connectivity index (χ2v) is 4.74. The Kier molecular flexibility index (Phi) is 3.12. The van der Waals surface area contributed by atoms with E-state index in [-0.39, 0.29) is 11.6 Å². The Morgan fingerprint density at radius 1 is 1.20 bits per heavy atom. The molecule has 0 amide bonds. The maximum atomic E-state index is 9.84. The Hall–Kier alpha value is -2.40. The van der Waals surface area contributed by atoms with Crippen molar-refractivity contribution in [1.29, 1.82) is 0 Å². The molecule has 5 nitrogen and oxygen atoms in total. The summed E-state index contributed by atoms with van der Waals surface area (Å²) < 4.78 is 5.18. The summed E-state index contributed by atoms with van der Waals surface area (Å²) in [5, 5.41) is 14.2. The van der Waals surface area contributed by atoms with Crippen molar-refractivity contribution in [1.82, 2.24) is 15.1 Å². The van der Waals surface area contributed by atoms with Gasteiger partial charge >= 0.3 is 0 Å². The first-order valence-corrected chi connectivity index (χ1v) is 6.27. The molecule has 0 fully saturated rings. The lowest BCUT2D eigenvalue weighted by Gasteiger charge is -1.99. The molecule has 20 heavy (non-hydrogen) atoms. The molecule has 1 aromatic carbocycles. The van der Waals surface area contributed by atoms with Crippen molar-refractivity contribution in [2.45, 2.75) is 6.92 Å². The van der Waals surface area contributed by atoms with Crippen LogP contribution in [0.15, 0.2) is 41.1 Å². The third-order valence-corrected chi connectivity index (χ3v) is 2.99. The smallest absolute Gasteiger partial charge is 0.262 e. The van der Waals surface area contributed by atoms with Gasteiger partial charge in [0, 0.05) is 6.20 Å². The molecule has 2 aromatic heterocycles. The molecule has 0 aliphatic rings. The number of benzene rings is 1. The van der Waals surface area contributed by atoms with Crippen LogP contribution in [0, 0.1) is 6.92 Å². The highest BCUT2D eigenvalue weighted by molar-refractivity contribution is 6.30. The van der Waals surface area contributed by atoms with Gasteiger partial charge in [0.05, 0.1) is 10.6 Å². The highest BCUT2D eigenvalue weighted by Crippen LogP contribution is 2.29. The van der Waals surface area contributed by atoms with Crippen molar-refractivity contribution >= 4 is 11.6 Å². The molecule has 3 aromatic rings. The van der Waals surface area contributed by atoms with E-state index in [1.54, 1.807) is 30.3 Å². The average Bonchev–Trinajstić information content (AvgIpc) is 2.92. The van der Waals surface area contributed by atoms with Gasteiger partial charge in [0.1, 0.15) is 11.4 Å². The molecular formula is C14H10ClN3O2. The molecule has 2 heterocycles. The number of hydrogen-bond acceptors (Lipinski definition) is 5. The van der Waals surface area contributed by atoms with E-state index in [2.05, 4.69) is 15.1 Å². The lowest BCUT2D eigenvalue weighted by molar-refractivity contribution is 0.425. The summed E-state index contributed by atoms with van der Waals surface area (Å²) >= 11 is 5.78. The minimum absolute atomic E-state index is 0.0925. The van der Waals surface area contributed by atoms with E-state index >= 15 is 0 Å². The van der Waals surface area contributed by atoms with Crippen molar-refractivity contribution in [3.63, 3.8) is 0 Å². The summed E-state index contributed by atoms with van der Waals surface area (Å²) in [5.74, 6) is 0.686. The third-order valence-electron chi connectivity index (χ3n) is 2.76. The first kappa shape index (κ1) is 12.6. The van der Waals surface area contributed by atoms with Crippen molar-refractivity contribution < 1.29 is 9.63 Å². The average molecular weight is 288 g/mol. The van der Waals surface area contributed by atoms with Gasteiger partial charge in [-0.2, -0.15) is 4.98 Å². The van der Waals surface area contributed by atoms with Crippen LogP contribution in [0.1, 0.15) is 5.56 Å². The van der Waals surface area contributed by atoms with Gasteiger partial charge in [-0.15, -0.1) is 0 Å². The molecule has 0 saturated heterocycles. The molecule has 0 spiro atoms. The lowest BCUT2D eigenvalue weighted by Crippen LogP contribution is -1.85. The molecule has 0 unspecified atom stereocenters. The summed E-state index contributed by atoms with van der Waals surface area (Å²) in [6.07, 6.45) is 1.51. The van der Waals surface area contributed by atoms with E-state index in [1.807, 2.05) is 6.92 Å². The van der Waals surface area contributed by atoms with Gasteiger partial charge < -0.3 is 9.63 Å². The highest BCUT2D eigenvalue weighted by Gasteiger charge is 2.14. The first-order chi connectivity index (χ1) is 9.63. The minimum atomic E-state index is 0.0925. The number of nitrogens with zero attached hydrogens (tertiary/aromatic N) is 3. The van der Waals surface area contributed by atoms with Crippen LogP contribution in [-0.2, 0) is 0 Å². The first-order valence-electron chi connectivity index (χ1n) is 5.89. The fraction of sp³-hybridized carbons (Fsp3) is 0.0714. The number of aromatic hydroxyl groups is 1. The quantitative estimate of drug-likeness (QED) is 0.781. The Bertz CT molecular complexity index is 753. The van der Waals surface area contributed by atoms with Crippen molar-refractivity contribution in [3.8, 4) is 28.7 Å². The van der Waals surface area contributed by atoms with E-state index in [4.69, 9.17) is 16.1 Å². The molecule has 0 saturated carbocycles. The number of phenolic OH excluding ortho intramolecular Hbond substituents is 1. The Morgan fingerprint density at radius 2 is 2.05 bits per heavy atom. The molecule has 1 N–H and O–H groups in total. The van der Waals surface area contributed by atoms with Gasteiger partial charge in [0.2, 0.25) is 5.82 Å².